The normalized spacial score (nSPS) is 25.0. The zero-order chi connectivity index (χ0) is 15.7. The van der Waals surface area contributed by atoms with Crippen LogP contribution in [0.3, 0.4) is 0 Å². The van der Waals surface area contributed by atoms with E-state index in [0.29, 0.717) is 12.1 Å². The molecule has 0 radical (unpaired) electrons. The quantitative estimate of drug-likeness (QED) is 0.908. The molecule has 1 aromatic carbocycles. The Hall–Kier alpha value is -1.39. The van der Waals surface area contributed by atoms with Gasteiger partial charge < -0.3 is 15.0 Å². The molecular weight excluding hydrogens is 276 g/mol. The number of nitrogens with zero attached hydrogens (tertiary/aromatic N) is 1. The van der Waals surface area contributed by atoms with Crippen molar-refractivity contribution in [2.75, 3.05) is 11.4 Å². The second kappa shape index (κ2) is 6.39. The number of hydrogen-bond acceptors (Lipinski definition) is 3. The van der Waals surface area contributed by atoms with Gasteiger partial charge in [0, 0.05) is 18.3 Å². The number of fused-ring (bicyclic) bond motifs is 1. The molecular formula is C18H26N2O2. The molecule has 1 aliphatic carbocycles. The topological polar surface area (TPSA) is 41.6 Å². The van der Waals surface area contributed by atoms with E-state index in [1.807, 2.05) is 30.0 Å². The Bertz CT molecular complexity index is 538. The molecule has 1 saturated carbocycles. The van der Waals surface area contributed by atoms with Crippen LogP contribution in [0, 0.1) is 0 Å². The number of benzene rings is 1. The van der Waals surface area contributed by atoms with E-state index in [1.54, 1.807) is 0 Å². The molecule has 2 aliphatic rings. The molecule has 120 valence electrons. The summed E-state index contributed by atoms with van der Waals surface area (Å²) in [5, 5.41) is 3.46. The van der Waals surface area contributed by atoms with Crippen molar-refractivity contribution in [2.45, 2.75) is 64.3 Å². The highest BCUT2D eigenvalue weighted by Gasteiger charge is 2.34. The third kappa shape index (κ3) is 3.18. The van der Waals surface area contributed by atoms with Crippen molar-refractivity contribution in [3.63, 3.8) is 0 Å². The summed E-state index contributed by atoms with van der Waals surface area (Å²) in [5.41, 5.74) is 2.35. The highest BCUT2D eigenvalue weighted by molar-refractivity contribution is 5.98. The second-order valence-electron chi connectivity index (χ2n) is 6.73. The number of carbonyl (C=O) groups is 1. The largest absolute Gasteiger partial charge is 0.375 e. The Labute approximate surface area is 132 Å². The molecule has 0 bridgehead atoms. The smallest absolute Gasteiger partial charge is 0.243 e. The fourth-order valence-electron chi connectivity index (χ4n) is 3.42. The standard InChI is InChI=1S/C18H26N2O2/c1-12(2)22-16-10-15(11-16)19-13(3)18(21)20-9-8-14-6-4-5-7-17(14)20/h4-7,12-13,15-16,19H,8-11H2,1-3H3. The van der Waals surface area contributed by atoms with Gasteiger partial charge in [-0.1, -0.05) is 18.2 Å². The first-order valence-electron chi connectivity index (χ1n) is 8.35. The highest BCUT2D eigenvalue weighted by atomic mass is 16.5. The number of para-hydroxylation sites is 1. The lowest BCUT2D eigenvalue weighted by Gasteiger charge is -2.38. The Morgan fingerprint density at radius 2 is 2.00 bits per heavy atom. The van der Waals surface area contributed by atoms with E-state index in [-0.39, 0.29) is 18.1 Å². The van der Waals surface area contributed by atoms with Gasteiger partial charge in [-0.05, 0) is 51.7 Å². The van der Waals surface area contributed by atoms with E-state index in [0.717, 1.165) is 31.5 Å². The lowest BCUT2D eigenvalue weighted by molar-refractivity contribution is -0.121. The number of ether oxygens (including phenoxy) is 1. The molecule has 1 amide bonds. The van der Waals surface area contributed by atoms with Crippen molar-refractivity contribution in [1.82, 2.24) is 5.32 Å². The average molecular weight is 302 g/mol. The molecule has 4 nitrogen and oxygen atoms in total. The minimum absolute atomic E-state index is 0.142. The summed E-state index contributed by atoms with van der Waals surface area (Å²) in [6, 6.07) is 8.46. The van der Waals surface area contributed by atoms with Gasteiger partial charge in [-0.25, -0.2) is 0 Å². The van der Waals surface area contributed by atoms with Crippen LogP contribution in [-0.2, 0) is 16.0 Å². The van der Waals surface area contributed by atoms with Gasteiger partial charge >= 0.3 is 0 Å². The number of carbonyl (C=O) groups excluding carboxylic acids is 1. The Kier molecular flexibility index (Phi) is 4.50. The van der Waals surface area contributed by atoms with Crippen LogP contribution in [0.1, 0.15) is 39.2 Å². The Morgan fingerprint density at radius 3 is 2.73 bits per heavy atom. The van der Waals surface area contributed by atoms with Crippen molar-refractivity contribution in [3.05, 3.63) is 29.8 Å². The summed E-state index contributed by atoms with van der Waals surface area (Å²) < 4.78 is 5.77. The van der Waals surface area contributed by atoms with Gasteiger partial charge in [0.2, 0.25) is 5.91 Å². The summed E-state index contributed by atoms with van der Waals surface area (Å²) in [7, 11) is 0. The van der Waals surface area contributed by atoms with Gasteiger partial charge in [-0.15, -0.1) is 0 Å². The maximum absolute atomic E-state index is 12.7. The predicted octanol–water partition coefficient (Wildman–Crippen LogP) is 2.51. The van der Waals surface area contributed by atoms with Crippen LogP contribution >= 0.6 is 0 Å². The molecule has 22 heavy (non-hydrogen) atoms. The van der Waals surface area contributed by atoms with Crippen LogP contribution in [0.25, 0.3) is 0 Å². The van der Waals surface area contributed by atoms with Gasteiger partial charge in [0.1, 0.15) is 0 Å². The monoisotopic (exact) mass is 302 g/mol. The molecule has 1 aromatic rings. The molecule has 1 unspecified atom stereocenters. The molecule has 3 rings (SSSR count). The van der Waals surface area contributed by atoms with Crippen LogP contribution in [0.5, 0.6) is 0 Å². The fraction of sp³-hybridized carbons (Fsp3) is 0.611. The summed E-state index contributed by atoms with van der Waals surface area (Å²) >= 11 is 0. The Morgan fingerprint density at radius 1 is 1.27 bits per heavy atom. The highest BCUT2D eigenvalue weighted by Crippen LogP contribution is 2.29. The third-order valence-electron chi connectivity index (χ3n) is 4.57. The molecule has 0 saturated heterocycles. The molecule has 1 fully saturated rings. The van der Waals surface area contributed by atoms with E-state index in [2.05, 4.69) is 25.2 Å². The average Bonchev–Trinajstić information content (AvgIpc) is 2.87. The lowest BCUT2D eigenvalue weighted by atomic mass is 9.88. The van der Waals surface area contributed by atoms with Gasteiger partial charge in [-0.3, -0.25) is 4.79 Å². The van der Waals surface area contributed by atoms with E-state index >= 15 is 0 Å². The maximum Gasteiger partial charge on any atom is 0.243 e. The molecule has 0 spiro atoms. The number of amides is 1. The molecule has 1 aliphatic heterocycles. The van der Waals surface area contributed by atoms with Gasteiger partial charge in [0.05, 0.1) is 18.2 Å². The molecule has 1 atom stereocenters. The predicted molar refractivity (Wildman–Crippen MR) is 88.1 cm³/mol. The zero-order valence-electron chi connectivity index (χ0n) is 13.7. The number of nitrogens with one attached hydrogen (secondary N) is 1. The van der Waals surface area contributed by atoms with Crippen LogP contribution in [0.15, 0.2) is 24.3 Å². The molecule has 4 heteroatoms. The lowest BCUT2D eigenvalue weighted by Crippen LogP contribution is -2.54. The van der Waals surface area contributed by atoms with Crippen molar-refractivity contribution in [2.24, 2.45) is 0 Å². The SMILES string of the molecule is CC(C)OC1CC(NC(C)C(=O)N2CCc3ccccc32)C1. The zero-order valence-corrected chi connectivity index (χ0v) is 13.7. The first-order chi connectivity index (χ1) is 10.5. The Balaban J connectivity index is 1.52. The summed E-state index contributed by atoms with van der Waals surface area (Å²) in [4.78, 5) is 14.6. The van der Waals surface area contributed by atoms with Crippen molar-refractivity contribution in [1.29, 1.82) is 0 Å². The van der Waals surface area contributed by atoms with Crippen LogP contribution in [0.4, 0.5) is 5.69 Å². The first-order valence-corrected chi connectivity index (χ1v) is 8.35. The van der Waals surface area contributed by atoms with Crippen LogP contribution in [-0.4, -0.2) is 36.7 Å². The fourth-order valence-corrected chi connectivity index (χ4v) is 3.42. The minimum atomic E-state index is -0.142. The van der Waals surface area contributed by atoms with E-state index in [1.165, 1.54) is 5.56 Å². The second-order valence-corrected chi connectivity index (χ2v) is 6.73. The van der Waals surface area contributed by atoms with Crippen LogP contribution in [0.2, 0.25) is 0 Å². The summed E-state index contributed by atoms with van der Waals surface area (Å²) in [5.74, 6) is 0.179. The summed E-state index contributed by atoms with van der Waals surface area (Å²) in [6.45, 7) is 6.91. The van der Waals surface area contributed by atoms with Gasteiger partial charge in [-0.2, -0.15) is 0 Å². The van der Waals surface area contributed by atoms with E-state index in [9.17, 15) is 4.79 Å². The molecule has 1 heterocycles. The number of anilines is 1. The van der Waals surface area contributed by atoms with E-state index < -0.39 is 0 Å². The summed E-state index contributed by atoms with van der Waals surface area (Å²) in [6.07, 6.45) is 3.61. The van der Waals surface area contributed by atoms with Crippen molar-refractivity contribution in [3.8, 4) is 0 Å². The van der Waals surface area contributed by atoms with Crippen LogP contribution < -0.4 is 10.2 Å². The first kappa shape index (κ1) is 15.5. The maximum atomic E-state index is 12.7. The number of hydrogen-bond donors (Lipinski definition) is 1. The minimum Gasteiger partial charge on any atom is -0.375 e. The molecule has 1 N–H and O–H groups in total. The number of rotatable bonds is 5. The van der Waals surface area contributed by atoms with Crippen molar-refractivity contribution < 1.29 is 9.53 Å². The van der Waals surface area contributed by atoms with Crippen molar-refractivity contribution >= 4 is 11.6 Å². The van der Waals surface area contributed by atoms with Gasteiger partial charge in [0.25, 0.3) is 0 Å². The molecule has 0 aromatic heterocycles. The van der Waals surface area contributed by atoms with Gasteiger partial charge in [0.15, 0.2) is 0 Å². The third-order valence-corrected chi connectivity index (χ3v) is 4.57. The van der Waals surface area contributed by atoms with E-state index in [4.69, 9.17) is 4.74 Å².